The molecule has 0 saturated heterocycles. The molecule has 1 saturated carbocycles. The van der Waals surface area contributed by atoms with Gasteiger partial charge in [0.05, 0.1) is 5.60 Å². The summed E-state index contributed by atoms with van der Waals surface area (Å²) in [6, 6.07) is 0. The van der Waals surface area contributed by atoms with Gasteiger partial charge in [0.2, 0.25) is 0 Å². The van der Waals surface area contributed by atoms with Gasteiger partial charge >= 0.3 is 0 Å². The lowest BCUT2D eigenvalue weighted by molar-refractivity contribution is 0.0342. The molecule has 15 heavy (non-hydrogen) atoms. The second-order valence-electron chi connectivity index (χ2n) is 5.88. The number of aliphatic hydroxyl groups is 1. The number of hydrogen-bond acceptors (Lipinski definition) is 2. The molecule has 1 unspecified atom stereocenters. The molecule has 0 radical (unpaired) electrons. The number of nitrogens with one attached hydrogen (secondary N) is 1. The van der Waals surface area contributed by atoms with E-state index in [0.717, 1.165) is 25.4 Å². The molecule has 1 aliphatic rings. The summed E-state index contributed by atoms with van der Waals surface area (Å²) >= 11 is 0. The first-order chi connectivity index (χ1) is 6.99. The fourth-order valence-electron chi connectivity index (χ4n) is 2.54. The Morgan fingerprint density at radius 1 is 1.33 bits per heavy atom. The van der Waals surface area contributed by atoms with E-state index < -0.39 is 5.60 Å². The average molecular weight is 213 g/mol. The summed E-state index contributed by atoms with van der Waals surface area (Å²) in [6.07, 6.45) is 6.33. The average Bonchev–Trinajstić information content (AvgIpc) is 2.54. The zero-order valence-corrected chi connectivity index (χ0v) is 10.6. The van der Waals surface area contributed by atoms with Crippen LogP contribution in [0.4, 0.5) is 0 Å². The lowest BCUT2D eigenvalue weighted by atomic mass is 9.91. The van der Waals surface area contributed by atoms with Crippen LogP contribution < -0.4 is 5.32 Å². The Balaban J connectivity index is 2.18. The second kappa shape index (κ2) is 5.86. The van der Waals surface area contributed by atoms with Crippen molar-refractivity contribution in [3.8, 4) is 0 Å². The zero-order chi connectivity index (χ0) is 11.3. The first-order valence-corrected chi connectivity index (χ1v) is 6.43. The van der Waals surface area contributed by atoms with E-state index in [1.165, 1.54) is 25.7 Å². The minimum absolute atomic E-state index is 0.510. The Labute approximate surface area is 94.5 Å². The summed E-state index contributed by atoms with van der Waals surface area (Å²) in [6.45, 7) is 8.10. The molecule has 0 heterocycles. The standard InChI is InChI=1S/C13H27NO/c1-11(2)9-14-10-13(3,15)8-12-6-4-5-7-12/h11-12,14-15H,4-10H2,1-3H3. The lowest BCUT2D eigenvalue weighted by Crippen LogP contribution is -2.40. The van der Waals surface area contributed by atoms with Gasteiger partial charge in [-0.1, -0.05) is 39.5 Å². The molecule has 90 valence electrons. The van der Waals surface area contributed by atoms with Gasteiger partial charge in [0.25, 0.3) is 0 Å². The van der Waals surface area contributed by atoms with Crippen molar-refractivity contribution in [3.05, 3.63) is 0 Å². The minimum Gasteiger partial charge on any atom is -0.389 e. The summed E-state index contributed by atoms with van der Waals surface area (Å²) < 4.78 is 0. The summed E-state index contributed by atoms with van der Waals surface area (Å²) in [5.41, 5.74) is -0.510. The molecule has 1 atom stereocenters. The van der Waals surface area contributed by atoms with Crippen LogP contribution in [0.2, 0.25) is 0 Å². The first kappa shape index (κ1) is 13.0. The quantitative estimate of drug-likeness (QED) is 0.711. The van der Waals surface area contributed by atoms with E-state index in [2.05, 4.69) is 19.2 Å². The Bertz CT molecular complexity index is 171. The molecular weight excluding hydrogens is 186 g/mol. The van der Waals surface area contributed by atoms with Crippen molar-refractivity contribution in [2.75, 3.05) is 13.1 Å². The minimum atomic E-state index is -0.510. The van der Waals surface area contributed by atoms with E-state index in [9.17, 15) is 5.11 Å². The van der Waals surface area contributed by atoms with Crippen LogP contribution in [0.1, 0.15) is 52.9 Å². The zero-order valence-electron chi connectivity index (χ0n) is 10.6. The lowest BCUT2D eigenvalue weighted by Gasteiger charge is -2.27. The molecule has 2 nitrogen and oxygen atoms in total. The molecular formula is C13H27NO. The van der Waals surface area contributed by atoms with Crippen LogP contribution >= 0.6 is 0 Å². The summed E-state index contributed by atoms with van der Waals surface area (Å²) in [5.74, 6) is 1.42. The Morgan fingerprint density at radius 3 is 2.47 bits per heavy atom. The van der Waals surface area contributed by atoms with Crippen LogP contribution in [0.3, 0.4) is 0 Å². The van der Waals surface area contributed by atoms with Crippen LogP contribution in [0.5, 0.6) is 0 Å². The fraction of sp³-hybridized carbons (Fsp3) is 1.00. The fourth-order valence-corrected chi connectivity index (χ4v) is 2.54. The van der Waals surface area contributed by atoms with Crippen molar-refractivity contribution in [2.24, 2.45) is 11.8 Å². The molecule has 0 bridgehead atoms. The van der Waals surface area contributed by atoms with Crippen LogP contribution in [0, 0.1) is 11.8 Å². The third kappa shape index (κ3) is 5.53. The van der Waals surface area contributed by atoms with E-state index in [-0.39, 0.29) is 0 Å². The maximum atomic E-state index is 10.2. The summed E-state index contributed by atoms with van der Waals surface area (Å²) in [5, 5.41) is 13.6. The van der Waals surface area contributed by atoms with Crippen molar-refractivity contribution >= 4 is 0 Å². The predicted molar refractivity (Wildman–Crippen MR) is 64.9 cm³/mol. The Morgan fingerprint density at radius 2 is 1.93 bits per heavy atom. The molecule has 1 rings (SSSR count). The van der Waals surface area contributed by atoms with Crippen molar-refractivity contribution in [3.63, 3.8) is 0 Å². The van der Waals surface area contributed by atoms with Gasteiger partial charge in [-0.25, -0.2) is 0 Å². The van der Waals surface area contributed by atoms with Gasteiger partial charge in [0.15, 0.2) is 0 Å². The van der Waals surface area contributed by atoms with Gasteiger partial charge in [0.1, 0.15) is 0 Å². The highest BCUT2D eigenvalue weighted by Gasteiger charge is 2.26. The molecule has 2 N–H and O–H groups in total. The van der Waals surface area contributed by atoms with Gasteiger partial charge in [-0.2, -0.15) is 0 Å². The molecule has 2 heteroatoms. The molecule has 0 amide bonds. The largest absolute Gasteiger partial charge is 0.389 e. The predicted octanol–water partition coefficient (Wildman–Crippen LogP) is 2.56. The highest BCUT2D eigenvalue weighted by Crippen LogP contribution is 2.31. The second-order valence-corrected chi connectivity index (χ2v) is 5.88. The van der Waals surface area contributed by atoms with Crippen LogP contribution in [-0.2, 0) is 0 Å². The van der Waals surface area contributed by atoms with Crippen LogP contribution in [0.15, 0.2) is 0 Å². The highest BCUT2D eigenvalue weighted by atomic mass is 16.3. The van der Waals surface area contributed by atoms with E-state index in [1.807, 2.05) is 6.92 Å². The molecule has 1 aliphatic carbocycles. The normalized spacial score (nSPS) is 22.2. The number of rotatable bonds is 6. The topological polar surface area (TPSA) is 32.3 Å². The first-order valence-electron chi connectivity index (χ1n) is 6.43. The third-order valence-electron chi connectivity index (χ3n) is 3.26. The van der Waals surface area contributed by atoms with E-state index in [0.29, 0.717) is 5.92 Å². The van der Waals surface area contributed by atoms with Gasteiger partial charge in [-0.3, -0.25) is 0 Å². The smallest absolute Gasteiger partial charge is 0.0746 e. The maximum absolute atomic E-state index is 10.2. The highest BCUT2D eigenvalue weighted by molar-refractivity contribution is 4.81. The van der Waals surface area contributed by atoms with Gasteiger partial charge < -0.3 is 10.4 Å². The van der Waals surface area contributed by atoms with E-state index >= 15 is 0 Å². The van der Waals surface area contributed by atoms with Crippen molar-refractivity contribution < 1.29 is 5.11 Å². The van der Waals surface area contributed by atoms with Crippen LogP contribution in [-0.4, -0.2) is 23.8 Å². The monoisotopic (exact) mass is 213 g/mol. The van der Waals surface area contributed by atoms with E-state index in [4.69, 9.17) is 0 Å². The summed E-state index contributed by atoms with van der Waals surface area (Å²) in [4.78, 5) is 0. The van der Waals surface area contributed by atoms with Crippen molar-refractivity contribution in [1.29, 1.82) is 0 Å². The van der Waals surface area contributed by atoms with Crippen molar-refractivity contribution in [2.45, 2.75) is 58.5 Å². The molecule has 0 aromatic rings. The van der Waals surface area contributed by atoms with Crippen LogP contribution in [0.25, 0.3) is 0 Å². The molecule has 1 fully saturated rings. The maximum Gasteiger partial charge on any atom is 0.0746 e. The van der Waals surface area contributed by atoms with Gasteiger partial charge in [-0.15, -0.1) is 0 Å². The molecule has 0 aliphatic heterocycles. The van der Waals surface area contributed by atoms with Gasteiger partial charge in [-0.05, 0) is 31.7 Å². The third-order valence-corrected chi connectivity index (χ3v) is 3.26. The Kier molecular flexibility index (Phi) is 5.07. The summed E-state index contributed by atoms with van der Waals surface area (Å²) in [7, 11) is 0. The molecule has 0 spiro atoms. The molecule has 0 aromatic heterocycles. The SMILES string of the molecule is CC(C)CNCC(C)(O)CC1CCCC1. The van der Waals surface area contributed by atoms with Gasteiger partial charge in [0, 0.05) is 6.54 Å². The van der Waals surface area contributed by atoms with Crippen molar-refractivity contribution in [1.82, 2.24) is 5.32 Å². The molecule has 0 aromatic carbocycles. The number of hydrogen-bond donors (Lipinski definition) is 2. The van der Waals surface area contributed by atoms with E-state index in [1.54, 1.807) is 0 Å². The Hall–Kier alpha value is -0.0800.